The van der Waals surface area contributed by atoms with Crippen LogP contribution in [-0.4, -0.2) is 29.4 Å². The molecule has 0 atom stereocenters. The first-order chi connectivity index (χ1) is 11.2. The lowest BCUT2D eigenvalue weighted by Crippen LogP contribution is -2.10. The van der Waals surface area contributed by atoms with Crippen LogP contribution in [0.3, 0.4) is 0 Å². The quantitative estimate of drug-likeness (QED) is 0.457. The number of nitriles is 1. The third-order valence-corrected chi connectivity index (χ3v) is 3.97. The molecule has 0 aliphatic heterocycles. The number of rotatable bonds is 8. The van der Waals surface area contributed by atoms with E-state index in [0.717, 1.165) is 36.1 Å². The average Bonchev–Trinajstić information content (AvgIpc) is 2.91. The number of nitrogens with two attached hydrogens (primary N) is 1. The highest BCUT2D eigenvalue weighted by Gasteiger charge is 2.20. The number of benzene rings is 1. The van der Waals surface area contributed by atoms with E-state index < -0.39 is 0 Å². The lowest BCUT2D eigenvalue weighted by Gasteiger charge is -2.10. The van der Waals surface area contributed by atoms with Crippen molar-refractivity contribution in [2.75, 3.05) is 25.3 Å². The standard InChI is InChI=1S/C17H21ClN4O/c1-23-11-10-22-16(8-4-5-9-18)17(15(12-19)21-22)13-6-2-3-7-14(13)20/h2-3,6-7H,4-5,8-11,20H2,1H3. The van der Waals surface area contributed by atoms with Gasteiger partial charge in [-0.15, -0.1) is 11.6 Å². The second-order valence-corrected chi connectivity index (χ2v) is 5.61. The van der Waals surface area contributed by atoms with Gasteiger partial charge in [0, 0.05) is 35.5 Å². The Morgan fingerprint density at radius 3 is 2.78 bits per heavy atom. The molecule has 1 heterocycles. The number of hydrogen-bond acceptors (Lipinski definition) is 4. The van der Waals surface area contributed by atoms with Crippen LogP contribution in [0.1, 0.15) is 24.2 Å². The number of ether oxygens (including phenoxy) is 1. The Kier molecular flexibility index (Phi) is 6.45. The summed E-state index contributed by atoms with van der Waals surface area (Å²) in [5.74, 6) is 0.625. The number of hydrogen-bond donors (Lipinski definition) is 1. The fourth-order valence-electron chi connectivity index (χ4n) is 2.59. The Bertz CT molecular complexity index is 690. The van der Waals surface area contributed by atoms with Crippen molar-refractivity contribution in [2.24, 2.45) is 0 Å². The van der Waals surface area contributed by atoms with Gasteiger partial charge in [-0.3, -0.25) is 4.68 Å². The van der Waals surface area contributed by atoms with Crippen molar-refractivity contribution in [3.05, 3.63) is 35.7 Å². The number of alkyl halides is 1. The molecule has 0 unspecified atom stereocenters. The topological polar surface area (TPSA) is 76.9 Å². The fraction of sp³-hybridized carbons (Fsp3) is 0.412. The van der Waals surface area contributed by atoms with Crippen LogP contribution < -0.4 is 5.73 Å². The summed E-state index contributed by atoms with van der Waals surface area (Å²) in [5.41, 5.74) is 9.87. The van der Waals surface area contributed by atoms with Crippen molar-refractivity contribution in [2.45, 2.75) is 25.8 Å². The zero-order chi connectivity index (χ0) is 16.7. The Morgan fingerprint density at radius 2 is 2.13 bits per heavy atom. The van der Waals surface area contributed by atoms with Crippen molar-refractivity contribution >= 4 is 17.3 Å². The summed E-state index contributed by atoms with van der Waals surface area (Å²) in [6.07, 6.45) is 2.66. The molecule has 23 heavy (non-hydrogen) atoms. The van der Waals surface area contributed by atoms with Gasteiger partial charge in [0.25, 0.3) is 0 Å². The zero-order valence-electron chi connectivity index (χ0n) is 13.3. The Hall–Kier alpha value is -2.03. The van der Waals surface area contributed by atoms with Crippen LogP contribution in [0.15, 0.2) is 24.3 Å². The second-order valence-electron chi connectivity index (χ2n) is 5.23. The highest BCUT2D eigenvalue weighted by atomic mass is 35.5. The summed E-state index contributed by atoms with van der Waals surface area (Å²) in [4.78, 5) is 0. The number of anilines is 1. The van der Waals surface area contributed by atoms with Crippen molar-refractivity contribution < 1.29 is 4.74 Å². The van der Waals surface area contributed by atoms with Gasteiger partial charge in [0.1, 0.15) is 6.07 Å². The van der Waals surface area contributed by atoms with Crippen molar-refractivity contribution in [3.63, 3.8) is 0 Å². The van der Waals surface area contributed by atoms with Gasteiger partial charge in [0.2, 0.25) is 0 Å². The number of methoxy groups -OCH3 is 1. The smallest absolute Gasteiger partial charge is 0.170 e. The number of unbranched alkanes of at least 4 members (excludes halogenated alkanes) is 1. The van der Waals surface area contributed by atoms with E-state index in [1.807, 2.05) is 28.9 Å². The maximum atomic E-state index is 9.49. The highest BCUT2D eigenvalue weighted by Crippen LogP contribution is 2.32. The van der Waals surface area contributed by atoms with E-state index in [2.05, 4.69) is 11.2 Å². The van der Waals surface area contributed by atoms with E-state index in [1.54, 1.807) is 7.11 Å². The highest BCUT2D eigenvalue weighted by molar-refractivity contribution is 6.17. The molecule has 0 saturated carbocycles. The summed E-state index contributed by atoms with van der Waals surface area (Å²) >= 11 is 5.79. The minimum absolute atomic E-state index is 0.403. The van der Waals surface area contributed by atoms with Crippen molar-refractivity contribution in [1.82, 2.24) is 9.78 Å². The molecule has 0 amide bonds. The Labute approximate surface area is 141 Å². The Balaban J connectivity index is 2.51. The van der Waals surface area contributed by atoms with Crippen LogP contribution in [0.4, 0.5) is 5.69 Å². The molecule has 0 radical (unpaired) electrons. The van der Waals surface area contributed by atoms with Crippen LogP contribution >= 0.6 is 11.6 Å². The first kappa shape index (κ1) is 17.3. The molecule has 0 bridgehead atoms. The summed E-state index contributed by atoms with van der Waals surface area (Å²) in [6, 6.07) is 9.76. The van der Waals surface area contributed by atoms with E-state index in [1.165, 1.54) is 0 Å². The molecule has 0 aliphatic carbocycles. The molecule has 1 aromatic heterocycles. The summed E-state index contributed by atoms with van der Waals surface area (Å²) in [5, 5.41) is 13.9. The number of nitrogen functional groups attached to an aromatic ring is 1. The van der Waals surface area contributed by atoms with Crippen molar-refractivity contribution in [1.29, 1.82) is 5.26 Å². The lowest BCUT2D eigenvalue weighted by atomic mass is 9.99. The van der Waals surface area contributed by atoms with Gasteiger partial charge < -0.3 is 10.5 Å². The lowest BCUT2D eigenvalue weighted by molar-refractivity contribution is 0.182. The monoisotopic (exact) mass is 332 g/mol. The number of nitrogens with zero attached hydrogens (tertiary/aromatic N) is 3. The molecule has 122 valence electrons. The fourth-order valence-corrected chi connectivity index (χ4v) is 2.78. The van der Waals surface area contributed by atoms with E-state index in [9.17, 15) is 5.26 Å². The van der Waals surface area contributed by atoms with E-state index >= 15 is 0 Å². The van der Waals surface area contributed by atoms with Crippen LogP contribution in [0.2, 0.25) is 0 Å². The molecular formula is C17H21ClN4O. The molecule has 2 N–H and O–H groups in total. The number of para-hydroxylation sites is 1. The third kappa shape index (κ3) is 4.04. The molecule has 6 heteroatoms. The van der Waals surface area contributed by atoms with Gasteiger partial charge in [-0.25, -0.2) is 0 Å². The largest absolute Gasteiger partial charge is 0.398 e. The van der Waals surface area contributed by atoms with Gasteiger partial charge in [-0.2, -0.15) is 10.4 Å². The van der Waals surface area contributed by atoms with Crippen LogP contribution in [0.5, 0.6) is 0 Å². The predicted octanol–water partition coefficient (Wildman–Crippen LogP) is 3.21. The number of halogens is 1. The van der Waals surface area contributed by atoms with Gasteiger partial charge in [0.05, 0.1) is 13.2 Å². The van der Waals surface area contributed by atoms with E-state index in [0.29, 0.717) is 30.4 Å². The molecule has 0 aliphatic rings. The minimum atomic E-state index is 0.403. The van der Waals surface area contributed by atoms with Crippen LogP contribution in [-0.2, 0) is 17.7 Å². The molecule has 0 saturated heterocycles. The van der Waals surface area contributed by atoms with Crippen molar-refractivity contribution in [3.8, 4) is 17.2 Å². The summed E-state index contributed by atoms with van der Waals surface area (Å²) in [7, 11) is 1.65. The first-order valence-corrected chi connectivity index (χ1v) is 8.16. The molecule has 0 fully saturated rings. The van der Waals surface area contributed by atoms with Gasteiger partial charge in [-0.05, 0) is 25.3 Å². The maximum absolute atomic E-state index is 9.49. The molecule has 2 aromatic rings. The third-order valence-electron chi connectivity index (χ3n) is 3.70. The maximum Gasteiger partial charge on any atom is 0.170 e. The van der Waals surface area contributed by atoms with Crippen LogP contribution in [0.25, 0.3) is 11.1 Å². The Morgan fingerprint density at radius 1 is 1.35 bits per heavy atom. The van der Waals surface area contributed by atoms with Gasteiger partial charge in [0.15, 0.2) is 5.69 Å². The summed E-state index contributed by atoms with van der Waals surface area (Å²) < 4.78 is 7.01. The van der Waals surface area contributed by atoms with E-state index in [4.69, 9.17) is 22.1 Å². The van der Waals surface area contributed by atoms with Gasteiger partial charge >= 0.3 is 0 Å². The molecule has 2 rings (SSSR count). The van der Waals surface area contributed by atoms with Crippen LogP contribution in [0, 0.1) is 11.3 Å². The van der Waals surface area contributed by atoms with Gasteiger partial charge in [-0.1, -0.05) is 18.2 Å². The molecular weight excluding hydrogens is 312 g/mol. The normalized spacial score (nSPS) is 10.7. The predicted molar refractivity (Wildman–Crippen MR) is 92.3 cm³/mol. The first-order valence-electron chi connectivity index (χ1n) is 7.62. The molecule has 1 aromatic carbocycles. The molecule has 0 spiro atoms. The second kappa shape index (κ2) is 8.56. The number of aromatic nitrogens is 2. The molecule has 5 nitrogen and oxygen atoms in total. The summed E-state index contributed by atoms with van der Waals surface area (Å²) in [6.45, 7) is 1.15. The minimum Gasteiger partial charge on any atom is -0.398 e. The van der Waals surface area contributed by atoms with E-state index in [-0.39, 0.29) is 0 Å². The average molecular weight is 333 g/mol. The zero-order valence-corrected chi connectivity index (χ0v) is 14.0. The SMILES string of the molecule is COCCn1nc(C#N)c(-c2ccccc2N)c1CCCCCl.